The van der Waals surface area contributed by atoms with Crippen LogP contribution in [0.5, 0.6) is 5.75 Å². The number of nitrogens with zero attached hydrogens (tertiary/aromatic N) is 2. The first-order chi connectivity index (χ1) is 11.2. The molecule has 0 aliphatic carbocycles. The number of aromatic nitrogens is 1. The van der Waals surface area contributed by atoms with E-state index in [1.165, 1.54) is 12.1 Å². The first-order valence-electron chi connectivity index (χ1n) is 7.06. The number of nitrogens with one attached hydrogen (secondary N) is 1. The Balaban J connectivity index is 2.22. The molecule has 0 spiro atoms. The molecule has 2 N–H and O–H groups in total. The largest absolute Gasteiger partial charge is 0.573 e. The van der Waals surface area contributed by atoms with Crippen molar-refractivity contribution in [3.8, 4) is 5.75 Å². The van der Waals surface area contributed by atoms with Gasteiger partial charge in [-0.1, -0.05) is 25.2 Å². The number of thiazole rings is 1. The van der Waals surface area contributed by atoms with E-state index in [-0.39, 0.29) is 23.5 Å². The molecule has 0 saturated carbocycles. The molecule has 6 nitrogen and oxygen atoms in total. The molecule has 0 aliphatic rings. The molecule has 0 saturated heterocycles. The zero-order chi connectivity index (χ0) is 17.9. The van der Waals surface area contributed by atoms with Crippen molar-refractivity contribution in [1.82, 2.24) is 10.3 Å². The van der Waals surface area contributed by atoms with Crippen molar-refractivity contribution in [2.45, 2.75) is 26.3 Å². The first-order valence-corrected chi connectivity index (χ1v) is 7.87. The number of hydrogen-bond donors (Lipinski definition) is 2. The van der Waals surface area contributed by atoms with Crippen LogP contribution in [0.3, 0.4) is 0 Å². The SMILES string of the molecule is CC(C)NCCN(C(=O)O)c1nc2ccc(OC(F)(F)F)cc2s1. The molecular weight excluding hydrogens is 347 g/mol. The number of alkyl halides is 3. The summed E-state index contributed by atoms with van der Waals surface area (Å²) >= 11 is 0.992. The molecule has 132 valence electrons. The molecule has 0 atom stereocenters. The first kappa shape index (κ1) is 18.3. The summed E-state index contributed by atoms with van der Waals surface area (Å²) < 4.78 is 41.0. The van der Waals surface area contributed by atoms with Crippen LogP contribution in [0.25, 0.3) is 10.2 Å². The predicted molar refractivity (Wildman–Crippen MR) is 84.8 cm³/mol. The third-order valence-electron chi connectivity index (χ3n) is 2.93. The number of rotatable bonds is 6. The highest BCUT2D eigenvalue weighted by Crippen LogP contribution is 2.33. The quantitative estimate of drug-likeness (QED) is 0.819. The third kappa shape index (κ3) is 4.96. The van der Waals surface area contributed by atoms with Gasteiger partial charge in [0.25, 0.3) is 0 Å². The number of halogens is 3. The van der Waals surface area contributed by atoms with Crippen LogP contribution < -0.4 is 15.0 Å². The summed E-state index contributed by atoms with van der Waals surface area (Å²) in [6, 6.07) is 3.90. The van der Waals surface area contributed by atoms with E-state index in [1.54, 1.807) is 0 Å². The molecule has 0 bridgehead atoms. The van der Waals surface area contributed by atoms with Crippen molar-refractivity contribution in [3.63, 3.8) is 0 Å². The maximum absolute atomic E-state index is 12.3. The van der Waals surface area contributed by atoms with Crippen molar-refractivity contribution in [2.75, 3.05) is 18.0 Å². The second-order valence-electron chi connectivity index (χ2n) is 5.22. The Kier molecular flexibility index (Phi) is 5.50. The number of ether oxygens (including phenoxy) is 1. The minimum Gasteiger partial charge on any atom is -0.465 e. The third-order valence-corrected chi connectivity index (χ3v) is 3.97. The summed E-state index contributed by atoms with van der Waals surface area (Å²) in [6.07, 6.45) is -5.96. The molecule has 10 heteroatoms. The molecule has 1 aromatic heterocycles. The van der Waals surface area contributed by atoms with E-state index < -0.39 is 12.5 Å². The minimum absolute atomic E-state index is 0.180. The standard InChI is InChI=1S/C14H16F3N3O3S/c1-8(2)18-5-6-20(13(21)22)12-19-10-4-3-9(7-11(10)24-12)23-14(15,16)17/h3-4,7-8,18H,5-6H2,1-2H3,(H,21,22). The predicted octanol–water partition coefficient (Wildman–Crippen LogP) is 3.68. The molecule has 1 amide bonds. The monoisotopic (exact) mass is 363 g/mol. The second-order valence-corrected chi connectivity index (χ2v) is 6.23. The molecule has 1 heterocycles. The maximum Gasteiger partial charge on any atom is 0.573 e. The Hall–Kier alpha value is -2.07. The smallest absolute Gasteiger partial charge is 0.465 e. The molecule has 0 aliphatic heterocycles. The van der Waals surface area contributed by atoms with Gasteiger partial charge < -0.3 is 15.2 Å². The lowest BCUT2D eigenvalue weighted by Crippen LogP contribution is -2.37. The maximum atomic E-state index is 12.3. The van der Waals surface area contributed by atoms with Crippen LogP contribution in [0.4, 0.5) is 23.1 Å². The van der Waals surface area contributed by atoms with E-state index in [2.05, 4.69) is 15.0 Å². The number of fused-ring (bicyclic) bond motifs is 1. The Bertz CT molecular complexity index is 718. The van der Waals surface area contributed by atoms with Crippen LogP contribution in [0.2, 0.25) is 0 Å². The highest BCUT2D eigenvalue weighted by molar-refractivity contribution is 7.22. The fraction of sp³-hybridized carbons (Fsp3) is 0.429. The van der Waals surface area contributed by atoms with Crippen LogP contribution in [-0.4, -0.2) is 41.7 Å². The average molecular weight is 363 g/mol. The van der Waals surface area contributed by atoms with Gasteiger partial charge in [-0.3, -0.25) is 4.90 Å². The van der Waals surface area contributed by atoms with Crippen LogP contribution in [0.1, 0.15) is 13.8 Å². The lowest BCUT2D eigenvalue weighted by atomic mass is 10.3. The number of carboxylic acid groups (broad SMARTS) is 1. The van der Waals surface area contributed by atoms with E-state index in [1.807, 2.05) is 13.8 Å². The van der Waals surface area contributed by atoms with Gasteiger partial charge >= 0.3 is 12.5 Å². The molecule has 0 fully saturated rings. The molecule has 0 radical (unpaired) electrons. The normalized spacial score (nSPS) is 11.9. The van der Waals surface area contributed by atoms with Crippen LogP contribution in [0, 0.1) is 0 Å². The summed E-state index contributed by atoms with van der Waals surface area (Å²) in [5, 5.41) is 12.6. The van der Waals surface area contributed by atoms with E-state index in [9.17, 15) is 23.1 Å². The second kappa shape index (κ2) is 7.22. The molecule has 0 unspecified atom stereocenters. The topological polar surface area (TPSA) is 74.7 Å². The molecular formula is C14H16F3N3O3S. The summed E-state index contributed by atoms with van der Waals surface area (Å²) in [5.74, 6) is -0.367. The summed E-state index contributed by atoms with van der Waals surface area (Å²) in [5.41, 5.74) is 0.410. The van der Waals surface area contributed by atoms with E-state index >= 15 is 0 Å². The van der Waals surface area contributed by atoms with E-state index in [0.29, 0.717) is 16.8 Å². The number of hydrogen-bond acceptors (Lipinski definition) is 5. The number of benzene rings is 1. The summed E-state index contributed by atoms with van der Waals surface area (Å²) in [7, 11) is 0. The Morgan fingerprint density at radius 3 is 2.75 bits per heavy atom. The van der Waals surface area contributed by atoms with Crippen molar-refractivity contribution in [2.24, 2.45) is 0 Å². The van der Waals surface area contributed by atoms with Gasteiger partial charge in [-0.15, -0.1) is 13.2 Å². The van der Waals surface area contributed by atoms with Gasteiger partial charge in [0.2, 0.25) is 0 Å². The van der Waals surface area contributed by atoms with Crippen molar-refractivity contribution in [3.05, 3.63) is 18.2 Å². The van der Waals surface area contributed by atoms with Gasteiger partial charge in [0, 0.05) is 25.2 Å². The number of amides is 1. The van der Waals surface area contributed by atoms with Gasteiger partial charge in [0.15, 0.2) is 5.13 Å². The molecule has 2 rings (SSSR count). The molecule has 24 heavy (non-hydrogen) atoms. The summed E-state index contributed by atoms with van der Waals surface area (Å²) in [6.45, 7) is 4.48. The van der Waals surface area contributed by atoms with Gasteiger partial charge in [-0.05, 0) is 12.1 Å². The Morgan fingerprint density at radius 2 is 2.17 bits per heavy atom. The van der Waals surface area contributed by atoms with Gasteiger partial charge in [-0.25, -0.2) is 9.78 Å². The van der Waals surface area contributed by atoms with Crippen LogP contribution in [0.15, 0.2) is 18.2 Å². The Labute approximate surface area is 139 Å². The zero-order valence-corrected chi connectivity index (χ0v) is 13.7. The van der Waals surface area contributed by atoms with E-state index in [0.717, 1.165) is 22.3 Å². The number of anilines is 1. The summed E-state index contributed by atoms with van der Waals surface area (Å²) in [4.78, 5) is 16.6. The van der Waals surface area contributed by atoms with Gasteiger partial charge in [-0.2, -0.15) is 0 Å². The lowest BCUT2D eigenvalue weighted by molar-refractivity contribution is -0.274. The Morgan fingerprint density at radius 1 is 1.46 bits per heavy atom. The molecule has 1 aromatic carbocycles. The highest BCUT2D eigenvalue weighted by Gasteiger charge is 2.31. The number of carbonyl (C=O) groups is 1. The van der Waals surface area contributed by atoms with Gasteiger partial charge in [0.1, 0.15) is 5.75 Å². The zero-order valence-electron chi connectivity index (χ0n) is 12.9. The van der Waals surface area contributed by atoms with Gasteiger partial charge in [0.05, 0.1) is 10.2 Å². The van der Waals surface area contributed by atoms with Crippen molar-refractivity contribution >= 4 is 32.8 Å². The fourth-order valence-electron chi connectivity index (χ4n) is 1.94. The van der Waals surface area contributed by atoms with Crippen LogP contribution in [-0.2, 0) is 0 Å². The van der Waals surface area contributed by atoms with Crippen LogP contribution >= 0.6 is 11.3 Å². The average Bonchev–Trinajstić information content (AvgIpc) is 2.83. The van der Waals surface area contributed by atoms with E-state index in [4.69, 9.17) is 0 Å². The highest BCUT2D eigenvalue weighted by atomic mass is 32.1. The minimum atomic E-state index is -4.78. The van der Waals surface area contributed by atoms with Crippen molar-refractivity contribution in [1.29, 1.82) is 0 Å². The molecule has 2 aromatic rings. The fourth-order valence-corrected chi connectivity index (χ4v) is 2.96. The van der Waals surface area contributed by atoms with Crippen molar-refractivity contribution < 1.29 is 27.8 Å². The lowest BCUT2D eigenvalue weighted by Gasteiger charge is -2.17.